The third kappa shape index (κ3) is 5.04. The van der Waals surface area contributed by atoms with E-state index in [1.54, 1.807) is 30.3 Å². The van der Waals surface area contributed by atoms with E-state index in [0.717, 1.165) is 0 Å². The van der Waals surface area contributed by atoms with Crippen molar-refractivity contribution >= 4 is 17.3 Å². The zero-order valence-electron chi connectivity index (χ0n) is 14.5. The van der Waals surface area contributed by atoms with E-state index in [2.05, 4.69) is 5.32 Å². The van der Waals surface area contributed by atoms with E-state index >= 15 is 0 Å². The van der Waals surface area contributed by atoms with Gasteiger partial charge in [-0.15, -0.1) is 0 Å². The van der Waals surface area contributed by atoms with Crippen LogP contribution in [0.4, 0.5) is 15.8 Å². The van der Waals surface area contributed by atoms with Gasteiger partial charge in [0.25, 0.3) is 11.6 Å². The van der Waals surface area contributed by atoms with E-state index in [0.29, 0.717) is 22.9 Å². The zero-order valence-corrected chi connectivity index (χ0v) is 14.5. The molecular formula is C20H15FN2O5. The van der Waals surface area contributed by atoms with Crippen LogP contribution in [0.2, 0.25) is 0 Å². The lowest BCUT2D eigenvalue weighted by Gasteiger charge is -2.12. The number of carbonyl (C=O) groups is 1. The standard InChI is InChI=1S/C20H15FN2O5/c21-14-4-3-5-17(12-14)28-19-7-2-1-6-18(19)22-20(24)13-27-16-10-8-15(9-11-16)23(25)26/h1-12H,13H2,(H,22,24). The molecule has 3 aromatic rings. The maximum atomic E-state index is 13.3. The van der Waals surface area contributed by atoms with Crippen LogP contribution in [-0.4, -0.2) is 17.4 Å². The highest BCUT2D eigenvalue weighted by molar-refractivity contribution is 5.93. The van der Waals surface area contributed by atoms with Crippen LogP contribution in [0.15, 0.2) is 72.8 Å². The van der Waals surface area contributed by atoms with Crippen molar-refractivity contribution in [1.82, 2.24) is 0 Å². The van der Waals surface area contributed by atoms with Gasteiger partial charge in [-0.2, -0.15) is 0 Å². The Labute approximate surface area is 159 Å². The van der Waals surface area contributed by atoms with Crippen LogP contribution in [-0.2, 0) is 4.79 Å². The predicted molar refractivity (Wildman–Crippen MR) is 100 cm³/mol. The van der Waals surface area contributed by atoms with E-state index < -0.39 is 16.6 Å². The van der Waals surface area contributed by atoms with Crippen LogP contribution < -0.4 is 14.8 Å². The molecule has 0 bridgehead atoms. The molecule has 3 aromatic carbocycles. The van der Waals surface area contributed by atoms with Gasteiger partial charge in [-0.1, -0.05) is 18.2 Å². The average molecular weight is 382 g/mol. The Balaban J connectivity index is 1.61. The molecule has 0 aliphatic rings. The topological polar surface area (TPSA) is 90.7 Å². The third-order valence-corrected chi connectivity index (χ3v) is 3.60. The summed E-state index contributed by atoms with van der Waals surface area (Å²) in [5.41, 5.74) is 0.323. The molecule has 3 rings (SSSR count). The fourth-order valence-corrected chi connectivity index (χ4v) is 2.32. The lowest BCUT2D eigenvalue weighted by Crippen LogP contribution is -2.20. The number of non-ortho nitro benzene ring substituents is 1. The van der Waals surface area contributed by atoms with E-state index in [4.69, 9.17) is 9.47 Å². The van der Waals surface area contributed by atoms with Crippen molar-refractivity contribution in [3.05, 3.63) is 88.7 Å². The van der Waals surface area contributed by atoms with E-state index in [-0.39, 0.29) is 12.3 Å². The molecule has 0 unspecified atom stereocenters. The zero-order chi connectivity index (χ0) is 19.9. The van der Waals surface area contributed by atoms with E-state index in [1.165, 1.54) is 42.5 Å². The Morgan fingerprint density at radius 1 is 1.00 bits per heavy atom. The minimum Gasteiger partial charge on any atom is -0.484 e. The number of nitrogens with zero attached hydrogens (tertiary/aromatic N) is 1. The van der Waals surface area contributed by atoms with Crippen molar-refractivity contribution in [2.24, 2.45) is 0 Å². The SMILES string of the molecule is O=C(COc1ccc([N+](=O)[O-])cc1)Nc1ccccc1Oc1cccc(F)c1. The van der Waals surface area contributed by atoms with Crippen LogP contribution >= 0.6 is 0 Å². The number of nitrogens with one attached hydrogen (secondary N) is 1. The number of ether oxygens (including phenoxy) is 2. The number of anilines is 1. The largest absolute Gasteiger partial charge is 0.484 e. The summed E-state index contributed by atoms with van der Waals surface area (Å²) in [5.74, 6) is 0.0785. The molecule has 1 amide bonds. The molecule has 0 aromatic heterocycles. The molecule has 1 N–H and O–H groups in total. The highest BCUT2D eigenvalue weighted by Gasteiger charge is 2.10. The summed E-state index contributed by atoms with van der Waals surface area (Å²) in [4.78, 5) is 22.3. The Bertz CT molecular complexity index is 992. The van der Waals surface area contributed by atoms with Crippen LogP contribution in [0.3, 0.4) is 0 Å². The molecule has 28 heavy (non-hydrogen) atoms. The van der Waals surface area contributed by atoms with Crippen LogP contribution in [0, 0.1) is 15.9 Å². The molecule has 0 atom stereocenters. The molecule has 7 nitrogen and oxygen atoms in total. The summed E-state index contributed by atoms with van der Waals surface area (Å²) in [6, 6.07) is 17.7. The number of para-hydroxylation sites is 2. The molecule has 0 saturated carbocycles. The van der Waals surface area contributed by atoms with E-state index in [1.807, 2.05) is 0 Å². The molecule has 0 saturated heterocycles. The van der Waals surface area contributed by atoms with Gasteiger partial charge in [-0.25, -0.2) is 4.39 Å². The number of rotatable bonds is 7. The fourth-order valence-electron chi connectivity index (χ4n) is 2.32. The number of nitro benzene ring substituents is 1. The number of amides is 1. The first-order valence-corrected chi connectivity index (χ1v) is 8.21. The molecule has 0 heterocycles. The number of nitro groups is 1. The highest BCUT2D eigenvalue weighted by atomic mass is 19.1. The fraction of sp³-hybridized carbons (Fsp3) is 0.0500. The Morgan fingerprint density at radius 3 is 2.46 bits per heavy atom. The molecule has 0 fully saturated rings. The van der Waals surface area contributed by atoms with Crippen molar-refractivity contribution in [3.8, 4) is 17.2 Å². The number of hydrogen-bond acceptors (Lipinski definition) is 5. The lowest BCUT2D eigenvalue weighted by atomic mass is 10.2. The van der Waals surface area contributed by atoms with Gasteiger partial charge < -0.3 is 14.8 Å². The van der Waals surface area contributed by atoms with Crippen molar-refractivity contribution < 1.29 is 23.6 Å². The number of halogens is 1. The molecular weight excluding hydrogens is 367 g/mol. The third-order valence-electron chi connectivity index (χ3n) is 3.60. The second kappa shape index (κ2) is 8.63. The molecule has 0 spiro atoms. The number of carbonyl (C=O) groups excluding carboxylic acids is 1. The van der Waals surface area contributed by atoms with Crippen molar-refractivity contribution in [2.45, 2.75) is 0 Å². The summed E-state index contributed by atoms with van der Waals surface area (Å²) in [7, 11) is 0. The van der Waals surface area contributed by atoms with Gasteiger partial charge in [-0.3, -0.25) is 14.9 Å². The van der Waals surface area contributed by atoms with Crippen LogP contribution in [0.1, 0.15) is 0 Å². The first-order valence-electron chi connectivity index (χ1n) is 8.21. The number of benzene rings is 3. The summed E-state index contributed by atoms with van der Waals surface area (Å²) in [6.07, 6.45) is 0. The first-order chi connectivity index (χ1) is 13.5. The highest BCUT2D eigenvalue weighted by Crippen LogP contribution is 2.29. The Morgan fingerprint density at radius 2 is 1.75 bits per heavy atom. The molecule has 0 aliphatic heterocycles. The quantitative estimate of drug-likeness (QED) is 0.478. The predicted octanol–water partition coefficient (Wildman–Crippen LogP) is 4.54. The first kappa shape index (κ1) is 18.8. The van der Waals surface area contributed by atoms with Crippen molar-refractivity contribution in [1.29, 1.82) is 0 Å². The Kier molecular flexibility index (Phi) is 5.81. The van der Waals surface area contributed by atoms with E-state index in [9.17, 15) is 19.3 Å². The van der Waals surface area contributed by atoms with Gasteiger partial charge in [0.15, 0.2) is 12.4 Å². The van der Waals surface area contributed by atoms with Crippen molar-refractivity contribution in [3.63, 3.8) is 0 Å². The number of hydrogen-bond donors (Lipinski definition) is 1. The van der Waals surface area contributed by atoms with Gasteiger partial charge in [0.2, 0.25) is 0 Å². The molecule has 0 radical (unpaired) electrons. The van der Waals surface area contributed by atoms with Crippen molar-refractivity contribution in [2.75, 3.05) is 11.9 Å². The van der Waals surface area contributed by atoms with Gasteiger partial charge in [0.05, 0.1) is 10.6 Å². The minimum atomic E-state index is -0.522. The van der Waals surface area contributed by atoms with Crippen LogP contribution in [0.25, 0.3) is 0 Å². The monoisotopic (exact) mass is 382 g/mol. The Hall–Kier alpha value is -3.94. The summed E-state index contributed by atoms with van der Waals surface area (Å²) >= 11 is 0. The lowest BCUT2D eigenvalue weighted by molar-refractivity contribution is -0.384. The smallest absolute Gasteiger partial charge is 0.269 e. The van der Waals surface area contributed by atoms with Gasteiger partial charge in [-0.05, 0) is 36.4 Å². The van der Waals surface area contributed by atoms with Gasteiger partial charge in [0, 0.05) is 18.2 Å². The average Bonchev–Trinajstić information content (AvgIpc) is 2.68. The maximum absolute atomic E-state index is 13.3. The molecule has 0 aliphatic carbocycles. The second-order valence-corrected chi connectivity index (χ2v) is 5.64. The summed E-state index contributed by atoms with van der Waals surface area (Å²) in [6.45, 7) is -0.299. The normalized spacial score (nSPS) is 10.2. The maximum Gasteiger partial charge on any atom is 0.269 e. The van der Waals surface area contributed by atoms with Crippen LogP contribution in [0.5, 0.6) is 17.2 Å². The van der Waals surface area contributed by atoms with Gasteiger partial charge >= 0.3 is 0 Å². The summed E-state index contributed by atoms with van der Waals surface area (Å²) < 4.78 is 24.3. The summed E-state index contributed by atoms with van der Waals surface area (Å²) in [5, 5.41) is 13.3. The molecule has 8 heteroatoms. The second-order valence-electron chi connectivity index (χ2n) is 5.64. The van der Waals surface area contributed by atoms with Gasteiger partial charge in [0.1, 0.15) is 17.3 Å². The molecule has 142 valence electrons. The minimum absolute atomic E-state index is 0.0692.